The summed E-state index contributed by atoms with van der Waals surface area (Å²) < 4.78 is 2.81. The molecule has 0 spiro atoms. The lowest BCUT2D eigenvalue weighted by atomic mass is 10.2. The monoisotopic (exact) mass is 328 g/mol. The van der Waals surface area contributed by atoms with Gasteiger partial charge in [-0.2, -0.15) is 0 Å². The van der Waals surface area contributed by atoms with Crippen LogP contribution in [0, 0.1) is 0 Å². The van der Waals surface area contributed by atoms with Gasteiger partial charge in [-0.15, -0.1) is 0 Å². The van der Waals surface area contributed by atoms with Crippen molar-refractivity contribution in [1.82, 2.24) is 19.4 Å². The highest BCUT2D eigenvalue weighted by molar-refractivity contribution is 9.10. The molecular weight excluding hydrogens is 320 g/mol. The van der Waals surface area contributed by atoms with Gasteiger partial charge >= 0.3 is 5.69 Å². The Hall–Kier alpha value is -2.34. The van der Waals surface area contributed by atoms with Gasteiger partial charge in [-0.1, -0.05) is 6.07 Å². The van der Waals surface area contributed by atoms with E-state index in [1.807, 2.05) is 47.0 Å². The fourth-order valence-corrected chi connectivity index (χ4v) is 2.87. The molecule has 0 radical (unpaired) electrons. The standard InChI is InChI=1S/C14H9BrN4O/c15-12-11-3-1-2-6-19(11)13(18-12)8-4-5-9-10(7-8)17-14(20)16-9/h1-7H,(H2,16,17,20). The number of fused-ring (bicyclic) bond motifs is 2. The van der Waals surface area contributed by atoms with E-state index in [2.05, 4.69) is 30.9 Å². The number of H-pyrrole nitrogens is 2. The predicted octanol–water partition coefficient (Wildman–Crippen LogP) is 2.93. The molecule has 20 heavy (non-hydrogen) atoms. The Morgan fingerprint density at radius 2 is 1.95 bits per heavy atom. The average molecular weight is 329 g/mol. The lowest BCUT2D eigenvalue weighted by molar-refractivity contribution is 1.16. The van der Waals surface area contributed by atoms with Crippen LogP contribution in [0.5, 0.6) is 0 Å². The van der Waals surface area contributed by atoms with Crippen LogP contribution < -0.4 is 5.69 Å². The molecule has 0 unspecified atom stereocenters. The minimum absolute atomic E-state index is 0.202. The second-order valence-corrected chi connectivity index (χ2v) is 5.27. The minimum Gasteiger partial charge on any atom is -0.306 e. The quantitative estimate of drug-likeness (QED) is 0.564. The first-order valence-corrected chi connectivity index (χ1v) is 6.87. The highest BCUT2D eigenvalue weighted by atomic mass is 79.9. The van der Waals surface area contributed by atoms with Crippen molar-refractivity contribution >= 4 is 32.5 Å². The summed E-state index contributed by atoms with van der Waals surface area (Å²) in [5.41, 5.74) is 3.31. The average Bonchev–Trinajstić information content (AvgIpc) is 2.98. The molecule has 0 aliphatic carbocycles. The van der Waals surface area contributed by atoms with Crippen LogP contribution in [0.3, 0.4) is 0 Å². The number of aromatic nitrogens is 4. The summed E-state index contributed by atoms with van der Waals surface area (Å²) in [7, 11) is 0. The maximum atomic E-state index is 11.3. The van der Waals surface area contributed by atoms with E-state index < -0.39 is 0 Å². The molecule has 0 amide bonds. The molecule has 6 heteroatoms. The van der Waals surface area contributed by atoms with Crippen molar-refractivity contribution in [3.8, 4) is 11.4 Å². The molecule has 0 saturated carbocycles. The van der Waals surface area contributed by atoms with Crippen LogP contribution in [0.4, 0.5) is 0 Å². The summed E-state index contributed by atoms with van der Waals surface area (Å²) in [5, 5.41) is 0. The number of nitrogens with zero attached hydrogens (tertiary/aromatic N) is 2. The molecule has 3 heterocycles. The van der Waals surface area contributed by atoms with E-state index in [0.717, 1.165) is 32.5 Å². The van der Waals surface area contributed by atoms with Gasteiger partial charge in [0.05, 0.1) is 16.6 Å². The molecule has 3 aromatic heterocycles. The van der Waals surface area contributed by atoms with Crippen molar-refractivity contribution < 1.29 is 0 Å². The number of hydrogen-bond donors (Lipinski definition) is 2. The first-order chi connectivity index (χ1) is 9.72. The van der Waals surface area contributed by atoms with E-state index in [1.165, 1.54) is 0 Å². The van der Waals surface area contributed by atoms with Crippen LogP contribution in [-0.4, -0.2) is 19.4 Å². The molecule has 0 bridgehead atoms. The highest BCUT2D eigenvalue weighted by Gasteiger charge is 2.11. The van der Waals surface area contributed by atoms with Crippen molar-refractivity contribution in [2.45, 2.75) is 0 Å². The summed E-state index contributed by atoms with van der Waals surface area (Å²) in [5.74, 6) is 0.830. The number of halogens is 1. The van der Waals surface area contributed by atoms with Gasteiger partial charge in [-0.05, 0) is 46.3 Å². The summed E-state index contributed by atoms with van der Waals surface area (Å²) in [6, 6.07) is 11.7. The zero-order valence-corrected chi connectivity index (χ0v) is 11.8. The second-order valence-electron chi connectivity index (χ2n) is 4.52. The minimum atomic E-state index is -0.202. The SMILES string of the molecule is O=c1[nH]c2ccc(-c3nc(Br)c4ccccn34)cc2[nH]1. The van der Waals surface area contributed by atoms with Gasteiger partial charge in [0.2, 0.25) is 0 Å². The molecule has 98 valence electrons. The zero-order valence-electron chi connectivity index (χ0n) is 10.2. The molecule has 0 fully saturated rings. The van der Waals surface area contributed by atoms with E-state index in [4.69, 9.17) is 0 Å². The topological polar surface area (TPSA) is 65.9 Å². The van der Waals surface area contributed by atoms with Crippen LogP contribution in [0.25, 0.3) is 27.9 Å². The Morgan fingerprint density at radius 1 is 1.10 bits per heavy atom. The van der Waals surface area contributed by atoms with Gasteiger partial charge in [0.25, 0.3) is 0 Å². The second kappa shape index (κ2) is 4.08. The number of imidazole rings is 2. The Kier molecular flexibility index (Phi) is 2.34. The van der Waals surface area contributed by atoms with Crippen molar-refractivity contribution in [1.29, 1.82) is 0 Å². The molecule has 2 N–H and O–H groups in total. The summed E-state index contributed by atoms with van der Waals surface area (Å²) in [4.78, 5) is 21.4. The summed E-state index contributed by atoms with van der Waals surface area (Å²) in [6.07, 6.45) is 1.96. The fourth-order valence-electron chi connectivity index (χ4n) is 2.38. The number of hydrogen-bond acceptors (Lipinski definition) is 2. The van der Waals surface area contributed by atoms with Gasteiger partial charge in [-0.3, -0.25) is 4.40 Å². The van der Waals surface area contributed by atoms with E-state index in [0.29, 0.717) is 0 Å². The molecule has 4 rings (SSSR count). The summed E-state index contributed by atoms with van der Waals surface area (Å²) in [6.45, 7) is 0. The van der Waals surface area contributed by atoms with Crippen LogP contribution in [-0.2, 0) is 0 Å². The molecule has 1 aromatic carbocycles. The molecule has 4 aromatic rings. The fraction of sp³-hybridized carbons (Fsp3) is 0. The van der Waals surface area contributed by atoms with E-state index in [1.54, 1.807) is 0 Å². The van der Waals surface area contributed by atoms with Crippen LogP contribution in [0.15, 0.2) is 52.0 Å². The maximum Gasteiger partial charge on any atom is 0.323 e. The molecule has 0 aliphatic heterocycles. The maximum absolute atomic E-state index is 11.3. The van der Waals surface area contributed by atoms with Crippen molar-refractivity contribution in [2.75, 3.05) is 0 Å². The van der Waals surface area contributed by atoms with E-state index >= 15 is 0 Å². The number of pyridine rings is 1. The Labute approximate surface area is 121 Å². The molecule has 0 saturated heterocycles. The number of aromatic amines is 2. The van der Waals surface area contributed by atoms with Crippen molar-refractivity contribution in [2.24, 2.45) is 0 Å². The Balaban J connectivity index is 2.03. The number of benzene rings is 1. The Bertz CT molecular complexity index is 995. The van der Waals surface area contributed by atoms with Gasteiger partial charge in [0.1, 0.15) is 10.4 Å². The third-order valence-corrected chi connectivity index (χ3v) is 3.86. The van der Waals surface area contributed by atoms with E-state index in [9.17, 15) is 4.79 Å². The third kappa shape index (κ3) is 1.61. The first kappa shape index (κ1) is 11.5. The third-order valence-electron chi connectivity index (χ3n) is 3.28. The highest BCUT2D eigenvalue weighted by Crippen LogP contribution is 2.27. The van der Waals surface area contributed by atoms with Crippen LogP contribution >= 0.6 is 15.9 Å². The zero-order chi connectivity index (χ0) is 13.7. The molecule has 0 atom stereocenters. The van der Waals surface area contributed by atoms with Gasteiger partial charge in [-0.25, -0.2) is 9.78 Å². The lowest BCUT2D eigenvalue weighted by Gasteiger charge is -2.01. The smallest absolute Gasteiger partial charge is 0.306 e. The Morgan fingerprint density at radius 3 is 2.85 bits per heavy atom. The number of rotatable bonds is 1. The predicted molar refractivity (Wildman–Crippen MR) is 80.8 cm³/mol. The van der Waals surface area contributed by atoms with Gasteiger partial charge in [0, 0.05) is 11.8 Å². The van der Waals surface area contributed by atoms with Gasteiger partial charge in [0.15, 0.2) is 0 Å². The van der Waals surface area contributed by atoms with E-state index in [-0.39, 0.29) is 5.69 Å². The van der Waals surface area contributed by atoms with Crippen molar-refractivity contribution in [3.63, 3.8) is 0 Å². The lowest BCUT2D eigenvalue weighted by Crippen LogP contribution is -1.99. The molecular formula is C14H9BrN4O. The molecule has 5 nitrogen and oxygen atoms in total. The van der Waals surface area contributed by atoms with Crippen LogP contribution in [0.1, 0.15) is 0 Å². The largest absolute Gasteiger partial charge is 0.323 e. The van der Waals surface area contributed by atoms with Crippen molar-refractivity contribution in [3.05, 3.63) is 57.7 Å². The normalized spacial score (nSPS) is 11.4. The van der Waals surface area contributed by atoms with Crippen LogP contribution in [0.2, 0.25) is 0 Å². The summed E-state index contributed by atoms with van der Waals surface area (Å²) >= 11 is 3.47. The first-order valence-electron chi connectivity index (χ1n) is 6.07. The number of nitrogens with one attached hydrogen (secondary N) is 2. The van der Waals surface area contributed by atoms with Gasteiger partial charge < -0.3 is 9.97 Å². The molecule has 0 aliphatic rings.